The van der Waals surface area contributed by atoms with Gasteiger partial charge in [0.05, 0.1) is 4.95 Å². The third-order valence-electron chi connectivity index (χ3n) is 4.16. The van der Waals surface area contributed by atoms with Gasteiger partial charge in [-0.05, 0) is 63.5 Å². The van der Waals surface area contributed by atoms with Crippen molar-refractivity contribution in [3.63, 3.8) is 0 Å². The van der Waals surface area contributed by atoms with E-state index in [1.54, 1.807) is 19.1 Å². The second-order valence-corrected chi connectivity index (χ2v) is 6.91. The van der Waals surface area contributed by atoms with Gasteiger partial charge in [-0.15, -0.1) is 0 Å². The van der Waals surface area contributed by atoms with Crippen LogP contribution in [0.4, 0.5) is 4.39 Å². The van der Waals surface area contributed by atoms with Gasteiger partial charge in [0.2, 0.25) is 0 Å². The van der Waals surface area contributed by atoms with E-state index in [-0.39, 0.29) is 28.3 Å². The van der Waals surface area contributed by atoms with Crippen LogP contribution in [0.2, 0.25) is 0 Å². The van der Waals surface area contributed by atoms with E-state index in [0.29, 0.717) is 12.0 Å². The number of carbonyl (C=O) groups is 2. The lowest BCUT2D eigenvalue weighted by molar-refractivity contribution is -0.117. The molecule has 0 bridgehead atoms. The van der Waals surface area contributed by atoms with Gasteiger partial charge in [-0.25, -0.2) is 4.39 Å². The highest BCUT2D eigenvalue weighted by atomic mass is 79.9. The van der Waals surface area contributed by atoms with Crippen molar-refractivity contribution in [1.29, 1.82) is 0 Å². The highest BCUT2D eigenvalue weighted by Gasteiger charge is 2.28. The van der Waals surface area contributed by atoms with Crippen LogP contribution >= 0.6 is 15.9 Å². The molecule has 1 atom stereocenters. The number of hydrogen-bond donors (Lipinski definition) is 0. The minimum atomic E-state index is -0.320. The van der Waals surface area contributed by atoms with Crippen molar-refractivity contribution in [3.8, 4) is 0 Å². The molecule has 0 radical (unpaired) electrons. The number of nitrogens with zero attached hydrogens (tertiary/aromatic N) is 1. The zero-order valence-corrected chi connectivity index (χ0v) is 14.3. The Hall–Kier alpha value is -1.07. The molecule has 0 amide bonds. The summed E-state index contributed by atoms with van der Waals surface area (Å²) in [5.74, 6) is -0.00600. The summed E-state index contributed by atoms with van der Waals surface area (Å²) < 4.78 is 12.9. The molecule has 1 saturated heterocycles. The summed E-state index contributed by atoms with van der Waals surface area (Å²) in [7, 11) is 0. The molecule has 1 fully saturated rings. The molecule has 2 rings (SSSR count). The standard InChI is InChI=1S/C17H21BrFNO2/c1-12(21)2-7-16(18)20-10-8-14(9-11-20)17(22)13-3-5-15(19)6-4-13/h3-6,14,16H,2,7-11H2,1H3. The number of alkyl halides is 1. The van der Waals surface area contributed by atoms with E-state index >= 15 is 0 Å². The Bertz CT molecular complexity index is 524. The van der Waals surface area contributed by atoms with Crippen LogP contribution in [0.5, 0.6) is 0 Å². The maximum absolute atomic E-state index is 12.9. The molecular weight excluding hydrogens is 349 g/mol. The number of rotatable bonds is 6. The van der Waals surface area contributed by atoms with Gasteiger partial charge in [0, 0.05) is 17.9 Å². The van der Waals surface area contributed by atoms with Gasteiger partial charge in [-0.3, -0.25) is 9.69 Å². The minimum Gasteiger partial charge on any atom is -0.300 e. The van der Waals surface area contributed by atoms with Crippen LogP contribution in [0.1, 0.15) is 43.0 Å². The molecule has 1 aliphatic heterocycles. The Balaban J connectivity index is 1.85. The Morgan fingerprint density at radius 3 is 2.41 bits per heavy atom. The highest BCUT2D eigenvalue weighted by molar-refractivity contribution is 9.09. The molecule has 1 heterocycles. The van der Waals surface area contributed by atoms with E-state index in [9.17, 15) is 14.0 Å². The second kappa shape index (κ2) is 7.97. The molecule has 1 aromatic carbocycles. The van der Waals surface area contributed by atoms with Crippen molar-refractivity contribution < 1.29 is 14.0 Å². The summed E-state index contributed by atoms with van der Waals surface area (Å²) in [6, 6.07) is 5.78. The highest BCUT2D eigenvalue weighted by Crippen LogP contribution is 2.26. The van der Waals surface area contributed by atoms with E-state index in [1.165, 1.54) is 12.1 Å². The number of Topliss-reactive ketones (excluding diaryl/α,β-unsaturated/α-hetero) is 2. The average Bonchev–Trinajstić information content (AvgIpc) is 2.53. The van der Waals surface area contributed by atoms with E-state index in [4.69, 9.17) is 0 Å². The molecular formula is C17H21BrFNO2. The Kier molecular flexibility index (Phi) is 6.26. The first-order valence-corrected chi connectivity index (χ1v) is 8.56. The number of ketones is 2. The number of likely N-dealkylation sites (tertiary alicyclic amines) is 1. The summed E-state index contributed by atoms with van der Waals surface area (Å²) in [5, 5.41) is 0. The predicted octanol–water partition coefficient (Wildman–Crippen LogP) is 3.81. The monoisotopic (exact) mass is 369 g/mol. The molecule has 0 spiro atoms. The molecule has 0 aliphatic carbocycles. The van der Waals surface area contributed by atoms with Crippen LogP contribution in [0.15, 0.2) is 24.3 Å². The minimum absolute atomic E-state index is 0.00854. The topological polar surface area (TPSA) is 37.4 Å². The normalized spacial score (nSPS) is 18.1. The first-order valence-electron chi connectivity index (χ1n) is 7.64. The fraction of sp³-hybridized carbons (Fsp3) is 0.529. The molecule has 0 saturated carbocycles. The molecule has 1 aromatic rings. The molecule has 120 valence electrons. The van der Waals surface area contributed by atoms with Gasteiger partial charge in [-0.2, -0.15) is 0 Å². The maximum Gasteiger partial charge on any atom is 0.166 e. The maximum atomic E-state index is 12.9. The fourth-order valence-electron chi connectivity index (χ4n) is 2.80. The van der Waals surface area contributed by atoms with Gasteiger partial charge >= 0.3 is 0 Å². The van der Waals surface area contributed by atoms with Crippen molar-refractivity contribution in [2.75, 3.05) is 13.1 Å². The number of benzene rings is 1. The molecule has 1 unspecified atom stereocenters. The third kappa shape index (κ3) is 4.71. The third-order valence-corrected chi connectivity index (χ3v) is 5.20. The largest absolute Gasteiger partial charge is 0.300 e. The van der Waals surface area contributed by atoms with E-state index in [0.717, 1.165) is 32.4 Å². The van der Waals surface area contributed by atoms with E-state index in [2.05, 4.69) is 20.8 Å². The van der Waals surface area contributed by atoms with Crippen LogP contribution in [-0.4, -0.2) is 34.5 Å². The molecule has 0 N–H and O–H groups in total. The van der Waals surface area contributed by atoms with Gasteiger partial charge in [0.15, 0.2) is 5.78 Å². The summed E-state index contributed by atoms with van der Waals surface area (Å²) >= 11 is 3.62. The molecule has 1 aliphatic rings. The summed E-state index contributed by atoms with van der Waals surface area (Å²) in [6.45, 7) is 3.28. The lowest BCUT2D eigenvalue weighted by atomic mass is 9.89. The van der Waals surface area contributed by atoms with Crippen LogP contribution < -0.4 is 0 Å². The van der Waals surface area contributed by atoms with Crippen molar-refractivity contribution in [2.45, 2.75) is 37.6 Å². The molecule has 0 aromatic heterocycles. The van der Waals surface area contributed by atoms with Crippen LogP contribution in [-0.2, 0) is 4.79 Å². The number of hydrogen-bond acceptors (Lipinski definition) is 3. The summed E-state index contributed by atoms with van der Waals surface area (Å²) in [4.78, 5) is 25.9. The van der Waals surface area contributed by atoms with Gasteiger partial charge < -0.3 is 4.79 Å². The SMILES string of the molecule is CC(=O)CCC(Br)N1CCC(C(=O)c2ccc(F)cc2)CC1. The summed E-state index contributed by atoms with van der Waals surface area (Å²) in [5.41, 5.74) is 0.590. The Morgan fingerprint density at radius 1 is 1.27 bits per heavy atom. The van der Waals surface area contributed by atoms with Crippen LogP contribution in [0, 0.1) is 11.7 Å². The molecule has 3 nitrogen and oxygen atoms in total. The van der Waals surface area contributed by atoms with Gasteiger partial charge in [-0.1, -0.05) is 15.9 Å². The van der Waals surface area contributed by atoms with Gasteiger partial charge in [0.1, 0.15) is 11.6 Å². The molecule has 5 heteroatoms. The smallest absolute Gasteiger partial charge is 0.166 e. The predicted molar refractivity (Wildman–Crippen MR) is 87.7 cm³/mol. The average molecular weight is 370 g/mol. The zero-order chi connectivity index (χ0) is 16.1. The van der Waals surface area contributed by atoms with Crippen molar-refractivity contribution in [3.05, 3.63) is 35.6 Å². The number of piperidine rings is 1. The number of carbonyl (C=O) groups excluding carboxylic acids is 2. The Morgan fingerprint density at radius 2 is 1.86 bits per heavy atom. The van der Waals surface area contributed by atoms with E-state index in [1.807, 2.05) is 0 Å². The van der Waals surface area contributed by atoms with Crippen molar-refractivity contribution in [2.24, 2.45) is 5.92 Å². The van der Waals surface area contributed by atoms with Gasteiger partial charge in [0.25, 0.3) is 0 Å². The Labute approximate surface area is 139 Å². The lowest BCUT2D eigenvalue weighted by Crippen LogP contribution is -2.40. The van der Waals surface area contributed by atoms with Crippen molar-refractivity contribution >= 4 is 27.5 Å². The first kappa shape index (κ1) is 17.3. The quantitative estimate of drug-likeness (QED) is 0.434. The zero-order valence-electron chi connectivity index (χ0n) is 12.7. The second-order valence-electron chi connectivity index (χ2n) is 5.86. The number of halogens is 2. The summed E-state index contributed by atoms with van der Waals surface area (Å²) in [6.07, 6.45) is 2.98. The van der Waals surface area contributed by atoms with E-state index < -0.39 is 0 Å². The van der Waals surface area contributed by atoms with Crippen LogP contribution in [0.25, 0.3) is 0 Å². The lowest BCUT2D eigenvalue weighted by Gasteiger charge is -2.34. The van der Waals surface area contributed by atoms with Crippen LogP contribution in [0.3, 0.4) is 0 Å². The first-order chi connectivity index (χ1) is 10.5. The fourth-order valence-corrected chi connectivity index (χ4v) is 3.44. The molecule has 22 heavy (non-hydrogen) atoms. The van der Waals surface area contributed by atoms with Crippen molar-refractivity contribution in [1.82, 2.24) is 4.90 Å².